The van der Waals surface area contributed by atoms with Crippen LogP contribution in [-0.2, 0) is 0 Å². The van der Waals surface area contributed by atoms with Crippen molar-refractivity contribution in [3.8, 4) is 0 Å². The molecule has 3 nitrogen and oxygen atoms in total. The van der Waals surface area contributed by atoms with Crippen LogP contribution in [0.25, 0.3) is 0 Å². The first-order chi connectivity index (χ1) is 10.2. The summed E-state index contributed by atoms with van der Waals surface area (Å²) in [5.41, 5.74) is 2.86. The van der Waals surface area contributed by atoms with E-state index in [9.17, 15) is 4.39 Å². The van der Waals surface area contributed by atoms with Gasteiger partial charge >= 0.3 is 0 Å². The number of rotatable bonds is 1. The van der Waals surface area contributed by atoms with Crippen LogP contribution >= 0.6 is 0 Å². The van der Waals surface area contributed by atoms with Gasteiger partial charge in [0.25, 0.3) is 0 Å². The van der Waals surface area contributed by atoms with Crippen LogP contribution in [0, 0.1) is 16.6 Å². The zero-order valence-corrected chi connectivity index (χ0v) is 11.8. The molecule has 4 aliphatic rings. The molecule has 0 atom stereocenters. The zero-order valence-electron chi connectivity index (χ0n) is 11.8. The molecule has 3 saturated carbocycles. The molecule has 5 rings (SSSR count). The summed E-state index contributed by atoms with van der Waals surface area (Å²) in [6.45, 7) is 0.920. The second-order valence-corrected chi connectivity index (χ2v) is 6.88. The lowest BCUT2D eigenvalue weighted by atomic mass is 10.0. The Morgan fingerprint density at radius 3 is 2.29 bits per heavy atom. The predicted octanol–water partition coefficient (Wildman–Crippen LogP) is 3.39. The summed E-state index contributed by atoms with van der Waals surface area (Å²) in [5.74, 6) is 1.45. The lowest BCUT2D eigenvalue weighted by molar-refractivity contribution is 0.627. The molecule has 0 aromatic heterocycles. The summed E-state index contributed by atoms with van der Waals surface area (Å²) < 4.78 is 13.1. The molecule has 0 bridgehead atoms. The molecule has 0 N–H and O–H groups in total. The van der Waals surface area contributed by atoms with Crippen molar-refractivity contribution < 1.29 is 4.39 Å². The lowest BCUT2D eigenvalue weighted by Gasteiger charge is -2.21. The SMILES string of the molecule is Fc1ccc(C(=NC2=NCC23CC3)N=C2CC23CC3)cc1. The monoisotopic (exact) mass is 281 g/mol. The topological polar surface area (TPSA) is 37.1 Å². The van der Waals surface area contributed by atoms with E-state index in [1.807, 2.05) is 0 Å². The highest BCUT2D eigenvalue weighted by atomic mass is 19.1. The van der Waals surface area contributed by atoms with E-state index < -0.39 is 0 Å². The van der Waals surface area contributed by atoms with Crippen molar-refractivity contribution in [3.63, 3.8) is 0 Å². The Bertz CT molecular complexity index is 719. The minimum atomic E-state index is -0.226. The molecule has 3 aliphatic carbocycles. The van der Waals surface area contributed by atoms with Gasteiger partial charge in [0.2, 0.25) is 0 Å². The average Bonchev–Trinajstić information content (AvgIpc) is 3.35. The lowest BCUT2D eigenvalue weighted by Crippen LogP contribution is -2.28. The first kappa shape index (κ1) is 11.8. The molecule has 1 aliphatic heterocycles. The number of hydrogen-bond donors (Lipinski definition) is 0. The Morgan fingerprint density at radius 2 is 1.76 bits per heavy atom. The van der Waals surface area contributed by atoms with Gasteiger partial charge in [-0.15, -0.1) is 0 Å². The van der Waals surface area contributed by atoms with Crippen molar-refractivity contribution >= 4 is 17.4 Å². The van der Waals surface area contributed by atoms with E-state index >= 15 is 0 Å². The number of benzene rings is 1. The number of hydrogen-bond acceptors (Lipinski definition) is 2. The molecule has 0 saturated heterocycles. The predicted molar refractivity (Wildman–Crippen MR) is 80.6 cm³/mol. The van der Waals surface area contributed by atoms with Gasteiger partial charge in [-0.2, -0.15) is 0 Å². The Hall–Kier alpha value is -1.84. The van der Waals surface area contributed by atoms with Gasteiger partial charge in [0.1, 0.15) is 11.7 Å². The van der Waals surface area contributed by atoms with Gasteiger partial charge in [0.15, 0.2) is 5.84 Å². The molecule has 3 fully saturated rings. The molecule has 0 amide bonds. The van der Waals surface area contributed by atoms with Crippen LogP contribution in [0.15, 0.2) is 39.2 Å². The molecule has 106 valence electrons. The summed E-state index contributed by atoms with van der Waals surface area (Å²) in [7, 11) is 0. The standard InChI is InChI=1S/C17H16FN3/c18-12-3-1-11(2-4-12)14(20-13-9-16(13)5-6-16)21-15-17(7-8-17)10-19-15/h1-4H,5-10H2. The van der Waals surface area contributed by atoms with Crippen molar-refractivity contribution in [2.75, 3.05) is 6.54 Å². The number of amidine groups is 2. The zero-order chi connectivity index (χ0) is 14.1. The normalized spacial score (nSPS) is 28.5. The fraction of sp³-hybridized carbons (Fsp3) is 0.471. The number of aliphatic imine (C=N–C) groups is 3. The maximum atomic E-state index is 13.1. The summed E-state index contributed by atoms with van der Waals surface area (Å²) in [4.78, 5) is 13.9. The van der Waals surface area contributed by atoms with Crippen LogP contribution in [-0.4, -0.2) is 23.9 Å². The Balaban J connectivity index is 1.53. The van der Waals surface area contributed by atoms with E-state index in [0.29, 0.717) is 5.41 Å². The smallest absolute Gasteiger partial charge is 0.161 e. The molecule has 1 heterocycles. The highest BCUT2D eigenvalue weighted by molar-refractivity contribution is 6.19. The molecule has 0 radical (unpaired) electrons. The van der Waals surface area contributed by atoms with Crippen LogP contribution < -0.4 is 0 Å². The summed E-state index contributed by atoms with van der Waals surface area (Å²) in [5, 5.41) is 0. The Labute approximate surface area is 122 Å². The van der Waals surface area contributed by atoms with Gasteiger partial charge in [0, 0.05) is 22.1 Å². The molecule has 21 heavy (non-hydrogen) atoms. The van der Waals surface area contributed by atoms with Gasteiger partial charge < -0.3 is 0 Å². The summed E-state index contributed by atoms with van der Waals surface area (Å²) in [6, 6.07) is 6.47. The fourth-order valence-corrected chi connectivity index (χ4v) is 3.09. The molecule has 1 aromatic carbocycles. The molecule has 2 spiro atoms. The van der Waals surface area contributed by atoms with Crippen molar-refractivity contribution in [1.29, 1.82) is 0 Å². The molecular formula is C17H16FN3. The molecule has 0 unspecified atom stereocenters. The van der Waals surface area contributed by atoms with Gasteiger partial charge in [-0.1, -0.05) is 0 Å². The van der Waals surface area contributed by atoms with Gasteiger partial charge in [-0.3, -0.25) is 4.99 Å². The van der Waals surface area contributed by atoms with E-state index in [2.05, 4.69) is 4.99 Å². The van der Waals surface area contributed by atoms with Crippen LogP contribution in [0.4, 0.5) is 4.39 Å². The maximum absolute atomic E-state index is 13.1. The van der Waals surface area contributed by atoms with Crippen LogP contribution in [0.2, 0.25) is 0 Å². The Kier molecular flexibility index (Phi) is 2.06. The van der Waals surface area contributed by atoms with E-state index in [4.69, 9.17) is 9.98 Å². The summed E-state index contributed by atoms with van der Waals surface area (Å²) in [6.07, 6.45) is 6.06. The third kappa shape index (κ3) is 1.81. The number of halogens is 1. The van der Waals surface area contributed by atoms with Crippen molar-refractivity contribution in [3.05, 3.63) is 35.6 Å². The molecular weight excluding hydrogens is 265 g/mol. The second-order valence-electron chi connectivity index (χ2n) is 6.88. The van der Waals surface area contributed by atoms with E-state index in [-0.39, 0.29) is 11.2 Å². The van der Waals surface area contributed by atoms with Crippen molar-refractivity contribution in [2.45, 2.75) is 32.1 Å². The van der Waals surface area contributed by atoms with E-state index in [1.165, 1.54) is 43.5 Å². The van der Waals surface area contributed by atoms with Crippen LogP contribution in [0.3, 0.4) is 0 Å². The average molecular weight is 281 g/mol. The van der Waals surface area contributed by atoms with Gasteiger partial charge in [0.05, 0.1) is 6.54 Å². The van der Waals surface area contributed by atoms with E-state index in [1.54, 1.807) is 12.1 Å². The Morgan fingerprint density at radius 1 is 1.05 bits per heavy atom. The first-order valence-electron chi connectivity index (χ1n) is 7.67. The minimum Gasteiger partial charge on any atom is -0.269 e. The highest BCUT2D eigenvalue weighted by Crippen LogP contribution is 2.63. The highest BCUT2D eigenvalue weighted by Gasteiger charge is 2.60. The van der Waals surface area contributed by atoms with E-state index in [0.717, 1.165) is 30.2 Å². The molecule has 1 aromatic rings. The maximum Gasteiger partial charge on any atom is 0.161 e. The largest absolute Gasteiger partial charge is 0.269 e. The van der Waals surface area contributed by atoms with Crippen molar-refractivity contribution in [1.82, 2.24) is 0 Å². The van der Waals surface area contributed by atoms with Crippen LogP contribution in [0.5, 0.6) is 0 Å². The molecule has 4 heteroatoms. The quantitative estimate of drug-likeness (QED) is 0.559. The fourth-order valence-electron chi connectivity index (χ4n) is 3.09. The van der Waals surface area contributed by atoms with Gasteiger partial charge in [-0.25, -0.2) is 14.4 Å². The summed E-state index contributed by atoms with van der Waals surface area (Å²) >= 11 is 0. The van der Waals surface area contributed by atoms with Gasteiger partial charge in [-0.05, 0) is 56.4 Å². The first-order valence-corrected chi connectivity index (χ1v) is 7.67. The number of nitrogens with zero attached hydrogens (tertiary/aromatic N) is 3. The third-order valence-electron chi connectivity index (χ3n) is 5.26. The van der Waals surface area contributed by atoms with Crippen molar-refractivity contribution in [2.24, 2.45) is 25.8 Å². The van der Waals surface area contributed by atoms with Crippen LogP contribution in [0.1, 0.15) is 37.7 Å². The second kappa shape index (κ2) is 3.67. The minimum absolute atomic E-state index is 0.226. The third-order valence-corrected chi connectivity index (χ3v) is 5.26.